The lowest BCUT2D eigenvalue weighted by Gasteiger charge is -2.11. The first-order chi connectivity index (χ1) is 11.7. The molecule has 0 aliphatic carbocycles. The second kappa shape index (κ2) is 7.75. The van der Waals surface area contributed by atoms with Crippen LogP contribution in [0.3, 0.4) is 0 Å². The van der Waals surface area contributed by atoms with Crippen LogP contribution in [0.5, 0.6) is 17.2 Å². The number of hydrogen-bond donors (Lipinski definition) is 0. The van der Waals surface area contributed by atoms with E-state index in [9.17, 15) is 4.79 Å². The molecule has 0 saturated carbocycles. The van der Waals surface area contributed by atoms with E-state index in [4.69, 9.17) is 9.47 Å². The molecule has 1 aromatic heterocycles. The highest BCUT2D eigenvalue weighted by atomic mass is 32.1. The molecule has 0 atom stereocenters. The van der Waals surface area contributed by atoms with Crippen LogP contribution in [0.15, 0.2) is 60.1 Å². The first-order valence-corrected chi connectivity index (χ1v) is 8.42. The zero-order chi connectivity index (χ0) is 16.8. The Morgan fingerprint density at radius 3 is 2.50 bits per heavy atom. The van der Waals surface area contributed by atoms with Crippen LogP contribution in [0.2, 0.25) is 0 Å². The van der Waals surface area contributed by atoms with E-state index in [0.29, 0.717) is 24.3 Å². The van der Waals surface area contributed by atoms with Crippen molar-refractivity contribution in [2.24, 2.45) is 0 Å². The van der Waals surface area contributed by atoms with Gasteiger partial charge in [0.05, 0.1) is 18.5 Å². The van der Waals surface area contributed by atoms with Crippen molar-refractivity contribution in [1.29, 1.82) is 0 Å². The highest BCUT2D eigenvalue weighted by Gasteiger charge is 2.11. The number of rotatable bonds is 7. The average molecular weight is 339 g/mol. The van der Waals surface area contributed by atoms with Gasteiger partial charge in [0.15, 0.2) is 0 Å². The minimum Gasteiger partial charge on any atom is -0.497 e. The van der Waals surface area contributed by atoms with Crippen LogP contribution in [0.1, 0.15) is 10.6 Å². The summed E-state index contributed by atoms with van der Waals surface area (Å²) in [5, 5.41) is 2.72. The zero-order valence-electron chi connectivity index (χ0n) is 13.3. The molecule has 0 saturated heterocycles. The second-order valence-corrected chi connectivity index (χ2v) is 6.18. The number of methoxy groups -OCH3 is 1. The van der Waals surface area contributed by atoms with Gasteiger partial charge in [-0.1, -0.05) is 18.2 Å². The molecule has 1 heterocycles. The molecule has 0 amide bonds. The molecule has 0 bridgehead atoms. The second-order valence-electron chi connectivity index (χ2n) is 5.20. The molecule has 3 aromatic rings. The molecule has 0 radical (unpaired) electrons. The Bertz CT molecular complexity index is 798. The third kappa shape index (κ3) is 4.20. The van der Waals surface area contributed by atoms with Gasteiger partial charge in [0.25, 0.3) is 0 Å². The number of carbonyl (C=O) groups excluding carboxylic acids is 1. The summed E-state index contributed by atoms with van der Waals surface area (Å²) in [6, 6.07) is 15.0. The third-order valence-electron chi connectivity index (χ3n) is 3.48. The third-order valence-corrected chi connectivity index (χ3v) is 4.26. The summed E-state index contributed by atoms with van der Waals surface area (Å²) >= 11 is 1.50. The number of aromatic nitrogens is 1. The Kier molecular flexibility index (Phi) is 5.23. The number of hydrogen-bond acceptors (Lipinski definition) is 5. The maximum atomic E-state index is 12.3. The van der Waals surface area contributed by atoms with Crippen molar-refractivity contribution in [1.82, 2.24) is 4.98 Å². The van der Waals surface area contributed by atoms with Gasteiger partial charge in [-0.05, 0) is 30.3 Å². The van der Waals surface area contributed by atoms with Crippen molar-refractivity contribution in [3.63, 3.8) is 0 Å². The molecule has 0 spiro atoms. The molecule has 0 unspecified atom stereocenters. The maximum absolute atomic E-state index is 12.3. The van der Waals surface area contributed by atoms with Crippen molar-refractivity contribution < 1.29 is 14.3 Å². The Labute approximate surface area is 144 Å². The summed E-state index contributed by atoms with van der Waals surface area (Å²) in [7, 11) is 1.62. The fourth-order valence-corrected chi connectivity index (χ4v) is 2.95. The molecule has 0 fully saturated rings. The summed E-state index contributed by atoms with van der Waals surface area (Å²) in [5.74, 6) is 2.29. The molecule has 24 heavy (non-hydrogen) atoms. The predicted octanol–water partition coefficient (Wildman–Crippen LogP) is 4.30. The number of nitrogens with zero attached hydrogens (tertiary/aromatic N) is 1. The number of Topliss-reactive ketones (excluding diaryl/α,β-unsaturated/α-hetero) is 1. The van der Waals surface area contributed by atoms with E-state index < -0.39 is 0 Å². The van der Waals surface area contributed by atoms with Crippen LogP contribution in [-0.4, -0.2) is 17.9 Å². The van der Waals surface area contributed by atoms with E-state index in [0.717, 1.165) is 16.3 Å². The first kappa shape index (κ1) is 16.2. The Morgan fingerprint density at radius 2 is 1.79 bits per heavy atom. The van der Waals surface area contributed by atoms with E-state index in [1.54, 1.807) is 13.3 Å². The van der Waals surface area contributed by atoms with Crippen molar-refractivity contribution in [3.8, 4) is 17.2 Å². The number of ketones is 1. The van der Waals surface area contributed by atoms with Gasteiger partial charge in [-0.3, -0.25) is 4.79 Å². The molecule has 122 valence electrons. The molecule has 5 heteroatoms. The summed E-state index contributed by atoms with van der Waals surface area (Å²) in [4.78, 5) is 16.4. The number of para-hydroxylation sites is 1. The molecule has 4 nitrogen and oxygen atoms in total. The number of carbonyl (C=O) groups is 1. The fraction of sp³-hybridized carbons (Fsp3) is 0.158. The Morgan fingerprint density at radius 1 is 1.04 bits per heavy atom. The van der Waals surface area contributed by atoms with Gasteiger partial charge in [-0.15, -0.1) is 11.3 Å². The van der Waals surface area contributed by atoms with Crippen molar-refractivity contribution >= 4 is 17.1 Å². The molecule has 0 aliphatic heterocycles. The lowest BCUT2D eigenvalue weighted by Crippen LogP contribution is -2.07. The lowest BCUT2D eigenvalue weighted by molar-refractivity contribution is -0.117. The van der Waals surface area contributed by atoms with Crippen LogP contribution in [0, 0.1) is 0 Å². The summed E-state index contributed by atoms with van der Waals surface area (Å²) in [5.41, 5.74) is 0.870. The highest BCUT2D eigenvalue weighted by Crippen LogP contribution is 2.27. The normalized spacial score (nSPS) is 10.4. The maximum Gasteiger partial charge on any atom is 0.144 e. The monoisotopic (exact) mass is 339 g/mol. The quantitative estimate of drug-likeness (QED) is 0.644. The molecule has 0 aliphatic rings. The fourth-order valence-electron chi connectivity index (χ4n) is 2.30. The zero-order valence-corrected chi connectivity index (χ0v) is 14.1. The molecule has 3 rings (SSSR count). The largest absolute Gasteiger partial charge is 0.497 e. The minimum atomic E-state index is 0.121. The average Bonchev–Trinajstić information content (AvgIpc) is 3.10. The van der Waals surface area contributed by atoms with E-state index in [2.05, 4.69) is 4.98 Å². The highest BCUT2D eigenvalue weighted by molar-refractivity contribution is 7.09. The van der Waals surface area contributed by atoms with Crippen LogP contribution in [0.25, 0.3) is 0 Å². The van der Waals surface area contributed by atoms with Gasteiger partial charge in [-0.25, -0.2) is 4.98 Å². The number of benzene rings is 2. The van der Waals surface area contributed by atoms with Crippen LogP contribution in [0.4, 0.5) is 0 Å². The minimum absolute atomic E-state index is 0.121. The SMILES string of the molecule is COc1ccc(Oc2ccccc2CC(=O)Cc2nccs2)cc1. The van der Waals surface area contributed by atoms with Gasteiger partial charge in [0, 0.05) is 23.6 Å². The van der Waals surface area contributed by atoms with Gasteiger partial charge < -0.3 is 9.47 Å². The molecule has 2 aromatic carbocycles. The number of ether oxygens (including phenoxy) is 2. The van der Waals surface area contributed by atoms with Gasteiger partial charge in [0.1, 0.15) is 23.0 Å². The van der Waals surface area contributed by atoms with Gasteiger partial charge in [-0.2, -0.15) is 0 Å². The topological polar surface area (TPSA) is 48.4 Å². The lowest BCUT2D eigenvalue weighted by atomic mass is 10.1. The summed E-state index contributed by atoms with van der Waals surface area (Å²) < 4.78 is 11.1. The van der Waals surface area contributed by atoms with Gasteiger partial charge in [0.2, 0.25) is 0 Å². The van der Waals surface area contributed by atoms with E-state index in [1.807, 2.05) is 53.9 Å². The summed E-state index contributed by atoms with van der Waals surface area (Å²) in [6.45, 7) is 0. The van der Waals surface area contributed by atoms with Crippen LogP contribution >= 0.6 is 11.3 Å². The van der Waals surface area contributed by atoms with Crippen LogP contribution < -0.4 is 9.47 Å². The molecule has 0 N–H and O–H groups in total. The molecular formula is C19H17NO3S. The smallest absolute Gasteiger partial charge is 0.144 e. The number of thiazole rings is 1. The van der Waals surface area contributed by atoms with E-state index in [-0.39, 0.29) is 5.78 Å². The first-order valence-electron chi connectivity index (χ1n) is 7.54. The molecular weight excluding hydrogens is 322 g/mol. The van der Waals surface area contributed by atoms with Crippen LogP contribution in [-0.2, 0) is 17.6 Å². The van der Waals surface area contributed by atoms with Crippen molar-refractivity contribution in [2.45, 2.75) is 12.8 Å². The van der Waals surface area contributed by atoms with Gasteiger partial charge >= 0.3 is 0 Å². The Balaban J connectivity index is 1.71. The van der Waals surface area contributed by atoms with Crippen molar-refractivity contribution in [3.05, 3.63) is 70.7 Å². The van der Waals surface area contributed by atoms with E-state index >= 15 is 0 Å². The standard InChI is InChI=1S/C19H17NO3S/c1-22-16-6-8-17(9-7-16)23-18-5-3-2-4-14(18)12-15(21)13-19-20-10-11-24-19/h2-11H,12-13H2,1H3. The predicted molar refractivity (Wildman–Crippen MR) is 94.0 cm³/mol. The summed E-state index contributed by atoms with van der Waals surface area (Å²) in [6.07, 6.45) is 2.40. The Hall–Kier alpha value is -2.66. The van der Waals surface area contributed by atoms with Crippen molar-refractivity contribution in [2.75, 3.05) is 7.11 Å². The van der Waals surface area contributed by atoms with E-state index in [1.165, 1.54) is 11.3 Å².